The van der Waals surface area contributed by atoms with Crippen LogP contribution in [0.25, 0.3) is 24.4 Å². The van der Waals surface area contributed by atoms with Crippen molar-refractivity contribution in [2.75, 3.05) is 0 Å². The highest BCUT2D eigenvalue weighted by molar-refractivity contribution is 8.08. The van der Waals surface area contributed by atoms with E-state index in [1.807, 2.05) is 57.1 Å². The van der Waals surface area contributed by atoms with Crippen LogP contribution < -0.4 is 0 Å². The summed E-state index contributed by atoms with van der Waals surface area (Å²) in [7, 11) is 0. The van der Waals surface area contributed by atoms with E-state index in [9.17, 15) is 0 Å². The quantitative estimate of drug-likeness (QED) is 0.273. The predicted octanol–water partition coefficient (Wildman–Crippen LogP) is 9.51. The predicted molar refractivity (Wildman–Crippen MR) is 130 cm³/mol. The Balaban J connectivity index is 1.55. The first kappa shape index (κ1) is 19.2. The van der Waals surface area contributed by atoms with Crippen LogP contribution in [0, 0.1) is 0 Å². The van der Waals surface area contributed by atoms with Gasteiger partial charge in [0.05, 0.1) is 0 Å². The molecular formula is C22H20S5. The molecule has 0 aromatic carbocycles. The molecule has 4 rings (SSSR count). The van der Waals surface area contributed by atoms with Crippen molar-refractivity contribution in [3.8, 4) is 19.5 Å². The Morgan fingerprint density at radius 3 is 2.30 bits per heavy atom. The number of hydrogen-bond donors (Lipinski definition) is 0. The lowest BCUT2D eigenvalue weighted by atomic mass is 10.3. The van der Waals surface area contributed by atoms with Gasteiger partial charge in [0.15, 0.2) is 0 Å². The minimum atomic E-state index is 0.487. The second-order valence-corrected chi connectivity index (χ2v) is 11.5. The van der Waals surface area contributed by atoms with E-state index >= 15 is 0 Å². The largest absolute Gasteiger partial charge is 0.148 e. The summed E-state index contributed by atoms with van der Waals surface area (Å²) in [5.41, 5.74) is 0. The Hall–Kier alpha value is -1.11. The first-order chi connectivity index (χ1) is 13.2. The lowest BCUT2D eigenvalue weighted by Crippen LogP contribution is -1.84. The molecule has 4 aromatic heterocycles. The molecule has 27 heavy (non-hydrogen) atoms. The molecule has 1 unspecified atom stereocenters. The average Bonchev–Trinajstić information content (AvgIpc) is 3.49. The summed E-state index contributed by atoms with van der Waals surface area (Å²) < 4.78 is 0. The topological polar surface area (TPSA) is 0 Å². The molecule has 0 spiro atoms. The van der Waals surface area contributed by atoms with E-state index in [4.69, 9.17) is 0 Å². The normalized spacial score (nSPS) is 13.2. The molecule has 0 fully saturated rings. The maximum atomic E-state index is 2.37. The van der Waals surface area contributed by atoms with Crippen molar-refractivity contribution >= 4 is 62.0 Å². The second kappa shape index (κ2) is 8.93. The maximum Gasteiger partial charge on any atom is 0.0449 e. The fourth-order valence-corrected chi connectivity index (χ4v) is 7.93. The Morgan fingerprint density at radius 1 is 0.889 bits per heavy atom. The van der Waals surface area contributed by atoms with Crippen molar-refractivity contribution in [3.05, 3.63) is 75.1 Å². The highest BCUT2D eigenvalue weighted by Gasteiger charge is 2.15. The van der Waals surface area contributed by atoms with Gasteiger partial charge in [-0.1, -0.05) is 25.1 Å². The van der Waals surface area contributed by atoms with E-state index in [2.05, 4.69) is 79.2 Å². The van der Waals surface area contributed by atoms with E-state index in [1.165, 1.54) is 34.2 Å². The van der Waals surface area contributed by atoms with Crippen molar-refractivity contribution in [1.82, 2.24) is 0 Å². The Labute approximate surface area is 181 Å². The summed E-state index contributed by atoms with van der Waals surface area (Å²) in [6.07, 6.45) is 3.43. The molecule has 0 N–H and O–H groups in total. The molecular weight excluding hydrogens is 425 g/mol. The van der Waals surface area contributed by atoms with Crippen molar-refractivity contribution < 1.29 is 0 Å². The van der Waals surface area contributed by atoms with Gasteiger partial charge in [0.1, 0.15) is 0 Å². The van der Waals surface area contributed by atoms with Crippen LogP contribution in [0.5, 0.6) is 0 Å². The fourth-order valence-electron chi connectivity index (χ4n) is 2.79. The zero-order chi connectivity index (χ0) is 18.6. The molecule has 0 amide bonds. The van der Waals surface area contributed by atoms with Gasteiger partial charge >= 0.3 is 0 Å². The SMILES string of the molecule is CC/C=C(\SC(C)c1cccs1)c1ccc(-c2ccc(-c3cccs3)s2)s1. The maximum absolute atomic E-state index is 2.37. The van der Waals surface area contributed by atoms with Crippen LogP contribution in [-0.2, 0) is 0 Å². The zero-order valence-electron chi connectivity index (χ0n) is 15.2. The van der Waals surface area contributed by atoms with Crippen molar-refractivity contribution in [2.45, 2.75) is 25.5 Å². The van der Waals surface area contributed by atoms with Gasteiger partial charge in [-0.15, -0.1) is 57.1 Å². The molecule has 0 aliphatic carbocycles. The zero-order valence-corrected chi connectivity index (χ0v) is 19.3. The van der Waals surface area contributed by atoms with E-state index < -0.39 is 0 Å². The summed E-state index contributed by atoms with van der Waals surface area (Å²) in [6.45, 7) is 4.53. The van der Waals surface area contributed by atoms with E-state index in [-0.39, 0.29) is 0 Å². The van der Waals surface area contributed by atoms with Crippen LogP contribution in [0.2, 0.25) is 0 Å². The lowest BCUT2D eigenvalue weighted by molar-refractivity contribution is 1.15. The Morgan fingerprint density at radius 2 is 1.59 bits per heavy atom. The molecule has 138 valence electrons. The molecule has 1 atom stereocenters. The molecule has 0 saturated carbocycles. The molecule has 4 heterocycles. The smallest absolute Gasteiger partial charge is 0.0449 e. The van der Waals surface area contributed by atoms with Crippen LogP contribution in [0.3, 0.4) is 0 Å². The number of thioether (sulfide) groups is 1. The Kier molecular flexibility index (Phi) is 6.35. The monoisotopic (exact) mass is 444 g/mol. The third-order valence-electron chi connectivity index (χ3n) is 4.10. The molecule has 0 aliphatic rings. The second-order valence-electron chi connectivity index (χ2n) is 6.06. The highest BCUT2D eigenvalue weighted by Crippen LogP contribution is 2.46. The molecule has 0 radical (unpaired) electrons. The first-order valence-corrected chi connectivity index (χ1v) is 13.2. The van der Waals surface area contributed by atoms with Crippen LogP contribution >= 0.6 is 57.1 Å². The van der Waals surface area contributed by atoms with E-state index in [0.29, 0.717) is 5.25 Å². The average molecular weight is 445 g/mol. The molecule has 4 aromatic rings. The summed E-state index contributed by atoms with van der Waals surface area (Å²) in [5.74, 6) is 0. The van der Waals surface area contributed by atoms with Crippen LogP contribution in [0.4, 0.5) is 0 Å². The van der Waals surface area contributed by atoms with Crippen LogP contribution in [-0.4, -0.2) is 0 Å². The number of hydrogen-bond acceptors (Lipinski definition) is 5. The van der Waals surface area contributed by atoms with Gasteiger partial charge in [0.2, 0.25) is 0 Å². The van der Waals surface area contributed by atoms with Gasteiger partial charge in [-0.25, -0.2) is 0 Å². The molecule has 5 heteroatoms. The standard InChI is InChI=1S/C22H20S5/c1-3-6-18(25-15(2)16-7-4-13-23-16)20-11-12-22(27-20)21-10-9-19(26-21)17-8-5-14-24-17/h4-15H,3H2,1-2H3/b18-6-. The van der Waals surface area contributed by atoms with Gasteiger partial charge < -0.3 is 0 Å². The lowest BCUT2D eigenvalue weighted by Gasteiger charge is -2.11. The summed E-state index contributed by atoms with van der Waals surface area (Å²) in [5, 5.41) is 4.80. The summed E-state index contributed by atoms with van der Waals surface area (Å²) in [6, 6.07) is 17.8. The van der Waals surface area contributed by atoms with Crippen LogP contribution in [0.15, 0.2) is 65.4 Å². The minimum Gasteiger partial charge on any atom is -0.148 e. The van der Waals surface area contributed by atoms with Gasteiger partial charge in [-0.05, 0) is 60.5 Å². The fraction of sp³-hybridized carbons (Fsp3) is 0.182. The first-order valence-electron chi connectivity index (χ1n) is 8.89. The molecule has 0 saturated heterocycles. The highest BCUT2D eigenvalue weighted by atomic mass is 32.2. The van der Waals surface area contributed by atoms with Gasteiger partial charge in [-0.2, -0.15) is 0 Å². The third kappa shape index (κ3) is 4.49. The van der Waals surface area contributed by atoms with E-state index in [1.54, 1.807) is 0 Å². The molecule has 0 aliphatic heterocycles. The molecule has 0 nitrogen and oxygen atoms in total. The van der Waals surface area contributed by atoms with Crippen molar-refractivity contribution in [2.24, 2.45) is 0 Å². The number of thiophene rings is 4. The summed E-state index contributed by atoms with van der Waals surface area (Å²) in [4.78, 5) is 9.68. The van der Waals surface area contributed by atoms with Gasteiger partial charge in [0, 0.05) is 39.4 Å². The van der Waals surface area contributed by atoms with E-state index in [0.717, 1.165) is 6.42 Å². The van der Waals surface area contributed by atoms with Crippen molar-refractivity contribution in [3.63, 3.8) is 0 Å². The number of rotatable bonds is 7. The minimum absolute atomic E-state index is 0.487. The number of allylic oxidation sites excluding steroid dienone is 1. The third-order valence-corrected chi connectivity index (χ3v) is 10.1. The molecule has 0 bridgehead atoms. The Bertz CT molecular complexity index is 999. The van der Waals surface area contributed by atoms with Crippen LogP contribution in [0.1, 0.15) is 35.3 Å². The summed E-state index contributed by atoms with van der Waals surface area (Å²) >= 11 is 9.44. The van der Waals surface area contributed by atoms with Crippen molar-refractivity contribution in [1.29, 1.82) is 0 Å². The van der Waals surface area contributed by atoms with Gasteiger partial charge in [0.25, 0.3) is 0 Å². The van der Waals surface area contributed by atoms with Gasteiger partial charge in [-0.3, -0.25) is 0 Å².